The Balaban J connectivity index is 1.21. The summed E-state index contributed by atoms with van der Waals surface area (Å²) in [6.07, 6.45) is 2.05. The van der Waals surface area contributed by atoms with E-state index in [1.54, 1.807) is 36.9 Å². The number of nitrogens with one attached hydrogen (secondary N) is 2. The Hall–Kier alpha value is -4.10. The molecule has 15 heteroatoms. The van der Waals surface area contributed by atoms with Crippen LogP contribution in [0.5, 0.6) is 5.75 Å². The fourth-order valence-corrected chi connectivity index (χ4v) is 6.80. The van der Waals surface area contributed by atoms with Crippen molar-refractivity contribution in [1.29, 1.82) is 5.41 Å². The van der Waals surface area contributed by atoms with Crippen molar-refractivity contribution in [3.8, 4) is 5.75 Å². The van der Waals surface area contributed by atoms with Gasteiger partial charge in [-0.15, -0.1) is 0 Å². The highest BCUT2D eigenvalue weighted by Crippen LogP contribution is 2.47. The molecule has 0 radical (unpaired) electrons. The fraction of sp³-hybridized carbons (Fsp3) is 0.433. The van der Waals surface area contributed by atoms with Crippen LogP contribution < -0.4 is 20.2 Å². The van der Waals surface area contributed by atoms with Crippen molar-refractivity contribution in [3.63, 3.8) is 0 Å². The van der Waals surface area contributed by atoms with Gasteiger partial charge in [0.1, 0.15) is 11.8 Å². The van der Waals surface area contributed by atoms with Crippen LogP contribution >= 0.6 is 7.75 Å². The van der Waals surface area contributed by atoms with Crippen molar-refractivity contribution in [2.45, 2.75) is 70.6 Å². The van der Waals surface area contributed by atoms with E-state index in [0.29, 0.717) is 28.8 Å². The molecule has 45 heavy (non-hydrogen) atoms. The predicted octanol–water partition coefficient (Wildman–Crippen LogP) is 4.60. The molecule has 2 aromatic carbocycles. The number of rotatable bonds is 12. The molecule has 2 fully saturated rings. The molecule has 6 rings (SSSR count). The van der Waals surface area contributed by atoms with E-state index in [-0.39, 0.29) is 30.8 Å². The van der Waals surface area contributed by atoms with E-state index in [0.717, 1.165) is 23.6 Å². The fourth-order valence-electron chi connectivity index (χ4n) is 5.26. The molecule has 238 valence electrons. The maximum atomic E-state index is 14.2. The molecule has 0 amide bonds. The number of anilines is 2. The van der Waals surface area contributed by atoms with E-state index >= 15 is 0 Å². The third-order valence-electron chi connectivity index (χ3n) is 7.62. The quantitative estimate of drug-likeness (QED) is 0.146. The molecule has 3 heterocycles. The summed E-state index contributed by atoms with van der Waals surface area (Å²) in [7, 11) is -2.23. The molecule has 0 unspecified atom stereocenters. The van der Waals surface area contributed by atoms with Crippen LogP contribution in [0, 0.1) is 5.41 Å². The van der Waals surface area contributed by atoms with Gasteiger partial charge in [0.25, 0.3) is 0 Å². The van der Waals surface area contributed by atoms with Gasteiger partial charge >= 0.3 is 13.7 Å². The van der Waals surface area contributed by atoms with Crippen molar-refractivity contribution in [2.24, 2.45) is 0 Å². The molecule has 1 saturated carbocycles. The summed E-state index contributed by atoms with van der Waals surface area (Å²) < 4.78 is 39.3. The highest BCUT2D eigenvalue weighted by molar-refractivity contribution is 7.52. The Morgan fingerprint density at radius 3 is 2.71 bits per heavy atom. The van der Waals surface area contributed by atoms with Crippen LogP contribution in [0.1, 0.15) is 46.3 Å². The minimum atomic E-state index is -4.18. The molecule has 4 aromatic rings. The number of ether oxygens (including phenoxy) is 2. The van der Waals surface area contributed by atoms with Crippen LogP contribution in [0.25, 0.3) is 21.9 Å². The summed E-state index contributed by atoms with van der Waals surface area (Å²) in [5, 5.41) is 13.0. The number of hydrogen-bond acceptors (Lipinski definition) is 12. The number of nitrogen functional groups attached to an aromatic ring is 1. The Kier molecular flexibility index (Phi) is 8.49. The molecule has 4 atom stereocenters. The first kappa shape index (κ1) is 30.9. The Morgan fingerprint density at radius 2 is 1.96 bits per heavy atom. The third kappa shape index (κ3) is 6.64. The topological polar surface area (TPSA) is 180 Å². The van der Waals surface area contributed by atoms with E-state index in [9.17, 15) is 9.36 Å². The smallest absolute Gasteiger partial charge is 0.459 e. The van der Waals surface area contributed by atoms with Crippen LogP contribution in [0.3, 0.4) is 0 Å². The largest absolute Gasteiger partial charge is 0.462 e. The number of hydrogen-bond donors (Lipinski definition) is 3. The van der Waals surface area contributed by atoms with E-state index in [1.165, 1.54) is 6.92 Å². The van der Waals surface area contributed by atoms with E-state index < -0.39 is 32.1 Å². The van der Waals surface area contributed by atoms with Crippen LogP contribution in [0.4, 0.5) is 11.8 Å². The lowest BCUT2D eigenvalue weighted by molar-refractivity contribution is -0.149. The summed E-state index contributed by atoms with van der Waals surface area (Å²) in [5.41, 5.74) is 7.33. The molecule has 1 aliphatic heterocycles. The molecular weight excluding hydrogens is 599 g/mol. The normalized spacial score (nSPS) is 20.4. The molecule has 1 saturated heterocycles. The second-order valence-corrected chi connectivity index (χ2v) is 13.3. The first-order valence-corrected chi connectivity index (χ1v) is 16.4. The van der Waals surface area contributed by atoms with Gasteiger partial charge in [0.15, 0.2) is 23.2 Å². The number of carbonyl (C=O) groups excluding carboxylic acids is 1. The first-order chi connectivity index (χ1) is 21.5. The van der Waals surface area contributed by atoms with E-state index in [2.05, 4.69) is 20.0 Å². The molecule has 1 aliphatic carbocycles. The van der Waals surface area contributed by atoms with Gasteiger partial charge in [-0.3, -0.25) is 13.9 Å². The van der Waals surface area contributed by atoms with Crippen molar-refractivity contribution in [1.82, 2.24) is 24.6 Å². The molecule has 4 N–H and O–H groups in total. The molecule has 0 spiro atoms. The standard InChI is InChI=1S/C30H37N8O6P/c1-17(2)42-29(39)18(3)36-45(40,44-24-11-7-9-19-8-5-6-10-22(19)24)41-15-21-14-23(31)28(43-21)38-16-33-25-26(37(4)20-12-13-20)34-30(32)35-27(25)38/h5-11,16-18,20-21,28,31H,12-15H2,1-4H3,(H,36,40)(H2,32,34,35)/t18-,21+,28-,45+/m1/s1. The van der Waals surface area contributed by atoms with Crippen LogP contribution in [0.2, 0.25) is 0 Å². The average molecular weight is 637 g/mol. The van der Waals surface area contributed by atoms with Crippen LogP contribution in [0.15, 0.2) is 48.8 Å². The van der Waals surface area contributed by atoms with Gasteiger partial charge in [-0.05, 0) is 45.1 Å². The van der Waals surface area contributed by atoms with Gasteiger partial charge in [-0.2, -0.15) is 15.1 Å². The zero-order valence-corrected chi connectivity index (χ0v) is 26.4. The van der Waals surface area contributed by atoms with Gasteiger partial charge in [0.05, 0.1) is 30.9 Å². The monoisotopic (exact) mass is 636 g/mol. The number of esters is 1. The lowest BCUT2D eigenvalue weighted by Crippen LogP contribution is -2.36. The number of aromatic nitrogens is 4. The zero-order chi connectivity index (χ0) is 31.9. The van der Waals surface area contributed by atoms with Gasteiger partial charge in [0, 0.05) is 24.9 Å². The van der Waals surface area contributed by atoms with E-state index in [1.807, 2.05) is 42.3 Å². The van der Waals surface area contributed by atoms with Gasteiger partial charge in [-0.1, -0.05) is 36.4 Å². The summed E-state index contributed by atoms with van der Waals surface area (Å²) in [6, 6.07) is 12.2. The van der Waals surface area contributed by atoms with Gasteiger partial charge in [-0.25, -0.2) is 9.55 Å². The SMILES string of the molecule is CC(C)OC(=O)[C@@H](C)N[P@](=O)(OC[C@@H]1CC(=N)[C@H](n2cnc3c(N(C)C4CC4)nc(N)nc32)O1)Oc1cccc2ccccc12. The predicted molar refractivity (Wildman–Crippen MR) is 169 cm³/mol. The molecule has 2 aliphatic rings. The molecular formula is C30H37N8O6P. The Labute approximate surface area is 260 Å². The zero-order valence-electron chi connectivity index (χ0n) is 25.5. The number of fused-ring (bicyclic) bond motifs is 2. The molecule has 2 aromatic heterocycles. The maximum Gasteiger partial charge on any atom is 0.459 e. The Morgan fingerprint density at radius 1 is 1.20 bits per heavy atom. The number of benzene rings is 2. The van der Waals surface area contributed by atoms with E-state index in [4.69, 9.17) is 29.7 Å². The Bertz CT molecular complexity index is 1790. The second-order valence-electron chi connectivity index (χ2n) is 11.6. The van der Waals surface area contributed by atoms with Gasteiger partial charge in [0.2, 0.25) is 5.95 Å². The van der Waals surface area contributed by atoms with Gasteiger partial charge < -0.3 is 30.0 Å². The minimum absolute atomic E-state index is 0.0962. The third-order valence-corrected chi connectivity index (χ3v) is 9.25. The number of carbonyl (C=O) groups is 1. The highest BCUT2D eigenvalue weighted by atomic mass is 31.2. The minimum Gasteiger partial charge on any atom is -0.462 e. The summed E-state index contributed by atoms with van der Waals surface area (Å²) in [4.78, 5) is 28.0. The highest BCUT2D eigenvalue weighted by Gasteiger charge is 2.39. The molecule has 14 nitrogen and oxygen atoms in total. The lowest BCUT2D eigenvalue weighted by atomic mass is 10.1. The van der Waals surface area contributed by atoms with Crippen molar-refractivity contribution in [2.75, 3.05) is 24.3 Å². The summed E-state index contributed by atoms with van der Waals surface area (Å²) >= 11 is 0. The summed E-state index contributed by atoms with van der Waals surface area (Å²) in [5.74, 6) is 0.444. The first-order valence-electron chi connectivity index (χ1n) is 14.9. The number of nitrogens with zero attached hydrogens (tertiary/aromatic N) is 5. The summed E-state index contributed by atoms with van der Waals surface area (Å²) in [6.45, 7) is 4.79. The molecule has 0 bridgehead atoms. The van der Waals surface area contributed by atoms with Crippen LogP contribution in [-0.2, 0) is 23.4 Å². The van der Waals surface area contributed by atoms with Crippen molar-refractivity contribution < 1.29 is 27.9 Å². The second kappa shape index (κ2) is 12.4. The number of nitrogens with two attached hydrogens (primary N) is 1. The van der Waals surface area contributed by atoms with Crippen molar-refractivity contribution >= 4 is 53.1 Å². The number of imidazole rings is 1. The maximum absolute atomic E-state index is 14.2. The van der Waals surface area contributed by atoms with Crippen LogP contribution in [-0.4, -0.2) is 69.1 Å². The van der Waals surface area contributed by atoms with Crippen molar-refractivity contribution in [3.05, 3.63) is 48.8 Å². The average Bonchev–Trinajstić information content (AvgIpc) is 3.67. The lowest BCUT2D eigenvalue weighted by Gasteiger charge is -2.25.